The molecule has 3 aromatic carbocycles. The number of carbonyl (C=O) groups is 2. The van der Waals surface area contributed by atoms with E-state index < -0.39 is 28.5 Å². The van der Waals surface area contributed by atoms with E-state index in [1.54, 1.807) is 68.4 Å². The van der Waals surface area contributed by atoms with Crippen LogP contribution in [0.15, 0.2) is 77.7 Å². The minimum atomic E-state index is -4.11. The molecule has 0 aliphatic carbocycles. The molecule has 39 heavy (non-hydrogen) atoms. The van der Waals surface area contributed by atoms with E-state index in [0.29, 0.717) is 21.8 Å². The van der Waals surface area contributed by atoms with Crippen molar-refractivity contribution in [1.82, 2.24) is 10.2 Å². The Bertz CT molecular complexity index is 1410. The van der Waals surface area contributed by atoms with Crippen molar-refractivity contribution in [3.8, 4) is 0 Å². The lowest BCUT2D eigenvalue weighted by atomic mass is 10.1. The van der Waals surface area contributed by atoms with Gasteiger partial charge in [-0.25, -0.2) is 8.42 Å². The lowest BCUT2D eigenvalue weighted by Gasteiger charge is -2.33. The van der Waals surface area contributed by atoms with Crippen LogP contribution in [0.25, 0.3) is 0 Å². The fraction of sp³-hybridized carbons (Fsp3) is 0.333. The van der Waals surface area contributed by atoms with Crippen LogP contribution in [0.5, 0.6) is 0 Å². The predicted octanol–water partition coefficient (Wildman–Crippen LogP) is 5.48. The maximum absolute atomic E-state index is 14.0. The molecule has 3 aromatic rings. The molecule has 208 valence electrons. The second-order valence-electron chi connectivity index (χ2n) is 9.72. The van der Waals surface area contributed by atoms with Crippen LogP contribution in [0.2, 0.25) is 5.02 Å². The van der Waals surface area contributed by atoms with Crippen molar-refractivity contribution >= 4 is 39.1 Å². The van der Waals surface area contributed by atoms with Crippen molar-refractivity contribution in [2.45, 2.75) is 64.6 Å². The number of aryl methyl sites for hydroxylation is 2. The van der Waals surface area contributed by atoms with E-state index in [0.717, 1.165) is 16.3 Å². The quantitative estimate of drug-likeness (QED) is 0.331. The molecule has 0 aliphatic heterocycles. The molecule has 3 rings (SSSR count). The van der Waals surface area contributed by atoms with Crippen LogP contribution in [-0.4, -0.2) is 43.8 Å². The molecule has 0 fully saturated rings. The molecule has 0 aromatic heterocycles. The number of hydrogen-bond acceptors (Lipinski definition) is 4. The zero-order valence-corrected chi connectivity index (χ0v) is 24.6. The van der Waals surface area contributed by atoms with Gasteiger partial charge in [0.25, 0.3) is 10.0 Å². The Morgan fingerprint density at radius 3 is 2.15 bits per heavy atom. The fourth-order valence-corrected chi connectivity index (χ4v) is 5.73. The Kier molecular flexibility index (Phi) is 10.2. The number of amides is 2. The van der Waals surface area contributed by atoms with E-state index >= 15 is 0 Å². The molecule has 0 heterocycles. The van der Waals surface area contributed by atoms with Gasteiger partial charge in [-0.3, -0.25) is 13.9 Å². The van der Waals surface area contributed by atoms with Gasteiger partial charge in [-0.1, -0.05) is 72.6 Å². The third-order valence-electron chi connectivity index (χ3n) is 6.74. The summed E-state index contributed by atoms with van der Waals surface area (Å²) in [5.41, 5.74) is 2.65. The minimum absolute atomic E-state index is 0.0415. The van der Waals surface area contributed by atoms with Gasteiger partial charge >= 0.3 is 0 Å². The number of para-hydroxylation sites is 1. The molecule has 0 unspecified atom stereocenters. The molecule has 1 N–H and O–H groups in total. The van der Waals surface area contributed by atoms with Gasteiger partial charge in [0.05, 0.1) is 10.6 Å². The highest BCUT2D eigenvalue weighted by Gasteiger charge is 2.33. The number of nitrogens with one attached hydrogen (secondary N) is 1. The van der Waals surface area contributed by atoms with Gasteiger partial charge in [-0.05, 0) is 69.5 Å². The largest absolute Gasteiger partial charge is 0.352 e. The van der Waals surface area contributed by atoms with E-state index in [9.17, 15) is 18.0 Å². The van der Waals surface area contributed by atoms with Crippen LogP contribution >= 0.6 is 11.6 Å². The number of hydrogen-bond donors (Lipinski definition) is 1. The molecule has 0 radical (unpaired) electrons. The SMILES string of the molecule is CC[C@H](C)NC(=O)[C@@H](C)N(Cc1ccccc1Cl)C(=O)CN(c1ccccc1C)S(=O)(=O)c1ccc(C)cc1. The van der Waals surface area contributed by atoms with Crippen molar-refractivity contribution in [3.63, 3.8) is 0 Å². The van der Waals surface area contributed by atoms with Crippen molar-refractivity contribution in [2.24, 2.45) is 0 Å². The third-order valence-corrected chi connectivity index (χ3v) is 8.88. The van der Waals surface area contributed by atoms with Gasteiger partial charge < -0.3 is 10.2 Å². The lowest BCUT2D eigenvalue weighted by molar-refractivity contribution is -0.139. The molecule has 2 amide bonds. The van der Waals surface area contributed by atoms with Crippen LogP contribution in [-0.2, 0) is 26.2 Å². The summed E-state index contributed by atoms with van der Waals surface area (Å²) in [6.07, 6.45) is 0.729. The maximum Gasteiger partial charge on any atom is 0.264 e. The van der Waals surface area contributed by atoms with Crippen molar-refractivity contribution in [3.05, 3.63) is 94.5 Å². The highest BCUT2D eigenvalue weighted by atomic mass is 35.5. The molecule has 0 saturated heterocycles. The third kappa shape index (κ3) is 7.40. The van der Waals surface area contributed by atoms with Crippen LogP contribution in [0.1, 0.15) is 43.9 Å². The van der Waals surface area contributed by atoms with E-state index in [1.807, 2.05) is 26.8 Å². The summed E-state index contributed by atoms with van der Waals surface area (Å²) >= 11 is 6.41. The second kappa shape index (κ2) is 13.1. The highest BCUT2D eigenvalue weighted by molar-refractivity contribution is 7.92. The first kappa shape index (κ1) is 30.2. The Morgan fingerprint density at radius 2 is 1.54 bits per heavy atom. The maximum atomic E-state index is 14.0. The number of benzene rings is 3. The Balaban J connectivity index is 2.05. The summed E-state index contributed by atoms with van der Waals surface area (Å²) in [6.45, 7) is 8.70. The van der Waals surface area contributed by atoms with E-state index in [-0.39, 0.29) is 23.4 Å². The molecule has 0 spiro atoms. The van der Waals surface area contributed by atoms with E-state index in [2.05, 4.69) is 5.32 Å². The summed E-state index contributed by atoms with van der Waals surface area (Å²) in [7, 11) is -4.11. The van der Waals surface area contributed by atoms with Gasteiger partial charge in [-0.15, -0.1) is 0 Å². The number of nitrogens with zero attached hydrogens (tertiary/aromatic N) is 2. The number of sulfonamides is 1. The summed E-state index contributed by atoms with van der Waals surface area (Å²) in [5.74, 6) is -0.853. The lowest BCUT2D eigenvalue weighted by Crippen LogP contribution is -2.52. The van der Waals surface area contributed by atoms with Crippen LogP contribution in [0, 0.1) is 13.8 Å². The number of anilines is 1. The number of halogens is 1. The zero-order chi connectivity index (χ0) is 28.7. The molecule has 2 atom stereocenters. The van der Waals surface area contributed by atoms with Crippen molar-refractivity contribution in [2.75, 3.05) is 10.8 Å². The molecular weight excluding hydrogens is 534 g/mol. The first-order valence-electron chi connectivity index (χ1n) is 12.9. The molecule has 7 nitrogen and oxygen atoms in total. The normalized spacial score (nSPS) is 12.9. The van der Waals surface area contributed by atoms with Gasteiger partial charge in [0.2, 0.25) is 11.8 Å². The first-order valence-corrected chi connectivity index (χ1v) is 14.8. The van der Waals surface area contributed by atoms with E-state index in [1.165, 1.54) is 17.0 Å². The van der Waals surface area contributed by atoms with Gasteiger partial charge in [0, 0.05) is 17.6 Å². The molecule has 9 heteroatoms. The predicted molar refractivity (Wildman–Crippen MR) is 156 cm³/mol. The van der Waals surface area contributed by atoms with Crippen molar-refractivity contribution < 1.29 is 18.0 Å². The fourth-order valence-electron chi connectivity index (χ4n) is 4.05. The topological polar surface area (TPSA) is 86.8 Å². The smallest absolute Gasteiger partial charge is 0.264 e. The Morgan fingerprint density at radius 1 is 0.923 bits per heavy atom. The zero-order valence-electron chi connectivity index (χ0n) is 23.0. The number of rotatable bonds is 11. The molecule has 0 saturated carbocycles. The standard InChI is InChI=1S/C30H36ClN3O4S/c1-6-23(4)32-30(36)24(5)33(19-25-12-8-9-13-27(25)31)29(35)20-34(28-14-10-7-11-22(28)3)39(37,38)26-17-15-21(2)16-18-26/h7-18,23-24H,6,19-20H2,1-5H3,(H,32,36)/t23-,24+/m0/s1. The average Bonchev–Trinajstić information content (AvgIpc) is 2.91. The minimum Gasteiger partial charge on any atom is -0.352 e. The van der Waals surface area contributed by atoms with Gasteiger partial charge in [-0.2, -0.15) is 0 Å². The Labute approximate surface area is 236 Å². The van der Waals surface area contributed by atoms with Crippen LogP contribution in [0.3, 0.4) is 0 Å². The highest BCUT2D eigenvalue weighted by Crippen LogP contribution is 2.28. The summed E-state index contributed by atoms with van der Waals surface area (Å²) in [4.78, 5) is 28.6. The average molecular weight is 570 g/mol. The van der Waals surface area contributed by atoms with Gasteiger partial charge in [0.15, 0.2) is 0 Å². The van der Waals surface area contributed by atoms with E-state index in [4.69, 9.17) is 11.6 Å². The molecular formula is C30H36ClN3O4S. The van der Waals surface area contributed by atoms with Crippen molar-refractivity contribution in [1.29, 1.82) is 0 Å². The molecule has 0 aliphatic rings. The first-order chi connectivity index (χ1) is 18.4. The second-order valence-corrected chi connectivity index (χ2v) is 12.0. The molecule has 0 bridgehead atoms. The van der Waals surface area contributed by atoms with Gasteiger partial charge in [0.1, 0.15) is 12.6 Å². The number of carbonyl (C=O) groups excluding carboxylic acids is 2. The monoisotopic (exact) mass is 569 g/mol. The summed E-state index contributed by atoms with van der Waals surface area (Å²) in [5, 5.41) is 3.37. The Hall–Kier alpha value is -3.36. The van der Waals surface area contributed by atoms with Crippen LogP contribution < -0.4 is 9.62 Å². The van der Waals surface area contributed by atoms with Crippen LogP contribution in [0.4, 0.5) is 5.69 Å². The summed E-state index contributed by atoms with van der Waals surface area (Å²) in [6, 6.07) is 19.6. The summed E-state index contributed by atoms with van der Waals surface area (Å²) < 4.78 is 28.9.